The molecule has 2 aromatic rings. The Morgan fingerprint density at radius 3 is 2.34 bits per heavy atom. The number of carbonyl (C=O) groups excluding carboxylic acids is 1. The third-order valence-electron chi connectivity index (χ3n) is 5.24. The van der Waals surface area contributed by atoms with Gasteiger partial charge in [0, 0.05) is 19.2 Å². The lowest BCUT2D eigenvalue weighted by atomic mass is 9.87. The van der Waals surface area contributed by atoms with Gasteiger partial charge in [0.1, 0.15) is 5.75 Å². The van der Waals surface area contributed by atoms with Crippen LogP contribution in [0.4, 0.5) is 5.69 Å². The molecule has 0 aliphatic carbocycles. The van der Waals surface area contributed by atoms with E-state index in [2.05, 4.69) is 26.1 Å². The number of amides is 1. The quantitative estimate of drug-likeness (QED) is 0.668. The van der Waals surface area contributed by atoms with E-state index in [0.717, 1.165) is 5.56 Å². The molecule has 0 radical (unpaired) electrons. The average molecular weight is 459 g/mol. The summed E-state index contributed by atoms with van der Waals surface area (Å²) in [5.41, 5.74) is 2.45. The van der Waals surface area contributed by atoms with Gasteiger partial charge in [-0.2, -0.15) is 4.31 Å². The van der Waals surface area contributed by atoms with E-state index in [1.165, 1.54) is 41.3 Å². The highest BCUT2D eigenvalue weighted by molar-refractivity contribution is 7.89. The number of nitrogens with one attached hydrogen (secondary N) is 1. The van der Waals surface area contributed by atoms with Gasteiger partial charge in [-0.05, 0) is 40.8 Å². The molecule has 0 unspecified atom stereocenters. The van der Waals surface area contributed by atoms with E-state index in [-0.39, 0.29) is 16.2 Å². The first-order chi connectivity index (χ1) is 15.1. The Kier molecular flexibility index (Phi) is 7.38. The van der Waals surface area contributed by atoms with Crippen molar-refractivity contribution in [1.82, 2.24) is 4.31 Å². The van der Waals surface area contributed by atoms with Crippen LogP contribution in [0.3, 0.4) is 0 Å². The summed E-state index contributed by atoms with van der Waals surface area (Å²) in [6.45, 7) is 7.75. The smallest absolute Gasteiger partial charge is 0.248 e. The van der Waals surface area contributed by atoms with Crippen molar-refractivity contribution < 1.29 is 22.7 Å². The standard InChI is InChI=1S/C24H30N2O5S/c1-24(2,3)19-8-5-18(6-9-19)7-12-23(27)25-21-17-20(10-11-22(21)30-4)32(28,29)26-13-15-31-16-14-26/h5-12,17H,13-16H2,1-4H3,(H,25,27)/b12-7+. The van der Waals surface area contributed by atoms with Crippen LogP contribution in [0.1, 0.15) is 31.9 Å². The number of nitrogens with zero attached hydrogens (tertiary/aromatic N) is 1. The molecule has 3 rings (SSSR count). The molecule has 0 bridgehead atoms. The number of hydrogen-bond acceptors (Lipinski definition) is 5. The Bertz CT molecular complexity index is 1080. The molecule has 172 valence electrons. The number of carbonyl (C=O) groups is 1. The Hall–Kier alpha value is -2.68. The SMILES string of the molecule is COc1ccc(S(=O)(=O)N2CCOCC2)cc1NC(=O)/C=C/c1ccc(C(C)(C)C)cc1. The molecule has 1 aliphatic heterocycles. The van der Waals surface area contributed by atoms with Crippen LogP contribution in [0.5, 0.6) is 5.75 Å². The van der Waals surface area contributed by atoms with Crippen molar-refractivity contribution >= 4 is 27.7 Å². The summed E-state index contributed by atoms with van der Waals surface area (Å²) in [6, 6.07) is 12.4. The van der Waals surface area contributed by atoms with Crippen molar-refractivity contribution in [2.24, 2.45) is 0 Å². The minimum Gasteiger partial charge on any atom is -0.495 e. The first-order valence-electron chi connectivity index (χ1n) is 10.5. The monoisotopic (exact) mass is 458 g/mol. The van der Waals surface area contributed by atoms with E-state index >= 15 is 0 Å². The topological polar surface area (TPSA) is 84.9 Å². The van der Waals surface area contributed by atoms with Crippen molar-refractivity contribution in [3.63, 3.8) is 0 Å². The fraction of sp³-hybridized carbons (Fsp3) is 0.375. The molecule has 1 heterocycles. The predicted octanol–water partition coefficient (Wildman–Crippen LogP) is 3.67. The van der Waals surface area contributed by atoms with Crippen LogP contribution in [0.25, 0.3) is 6.08 Å². The average Bonchev–Trinajstić information content (AvgIpc) is 2.78. The van der Waals surface area contributed by atoms with E-state index in [0.29, 0.717) is 37.7 Å². The Labute approximate surface area is 190 Å². The molecule has 1 aliphatic rings. The second kappa shape index (κ2) is 9.85. The molecule has 0 atom stereocenters. The summed E-state index contributed by atoms with van der Waals surface area (Å²) in [5, 5.41) is 2.72. The van der Waals surface area contributed by atoms with E-state index in [1.54, 1.807) is 6.08 Å². The highest BCUT2D eigenvalue weighted by Gasteiger charge is 2.27. The number of sulfonamides is 1. The fourth-order valence-corrected chi connectivity index (χ4v) is 4.76. The van der Waals surface area contributed by atoms with Crippen LogP contribution in [0.15, 0.2) is 53.4 Å². The Balaban J connectivity index is 1.76. The van der Waals surface area contributed by atoms with Gasteiger partial charge < -0.3 is 14.8 Å². The molecule has 8 heteroatoms. The maximum absolute atomic E-state index is 12.9. The molecular weight excluding hydrogens is 428 g/mol. The molecule has 1 fully saturated rings. The number of anilines is 1. The van der Waals surface area contributed by atoms with Crippen LogP contribution >= 0.6 is 0 Å². The molecule has 7 nitrogen and oxygen atoms in total. The zero-order valence-electron chi connectivity index (χ0n) is 18.9. The van der Waals surface area contributed by atoms with Gasteiger partial charge >= 0.3 is 0 Å². The molecule has 1 saturated heterocycles. The minimum absolute atomic E-state index is 0.0583. The molecule has 0 spiro atoms. The third kappa shape index (κ3) is 5.76. The summed E-state index contributed by atoms with van der Waals surface area (Å²) in [5.74, 6) is -0.00803. The van der Waals surface area contributed by atoms with Gasteiger partial charge in [-0.1, -0.05) is 45.0 Å². The van der Waals surface area contributed by atoms with Crippen LogP contribution < -0.4 is 10.1 Å². The van der Waals surface area contributed by atoms with Gasteiger partial charge in [0.15, 0.2) is 0 Å². The van der Waals surface area contributed by atoms with Crippen molar-refractivity contribution in [3.05, 3.63) is 59.7 Å². The zero-order chi connectivity index (χ0) is 23.4. The van der Waals surface area contributed by atoms with Crippen molar-refractivity contribution in [2.75, 3.05) is 38.7 Å². The number of hydrogen-bond donors (Lipinski definition) is 1. The van der Waals surface area contributed by atoms with Gasteiger partial charge in [-0.25, -0.2) is 8.42 Å². The van der Waals surface area contributed by atoms with E-state index in [4.69, 9.17) is 9.47 Å². The normalized spacial score (nSPS) is 15.6. The van der Waals surface area contributed by atoms with Crippen molar-refractivity contribution in [2.45, 2.75) is 31.1 Å². The zero-order valence-corrected chi connectivity index (χ0v) is 19.7. The minimum atomic E-state index is -3.69. The van der Waals surface area contributed by atoms with E-state index in [1.807, 2.05) is 24.3 Å². The van der Waals surface area contributed by atoms with Crippen LogP contribution in [-0.2, 0) is 25.0 Å². The maximum Gasteiger partial charge on any atom is 0.248 e. The maximum atomic E-state index is 12.9. The number of morpholine rings is 1. The lowest BCUT2D eigenvalue weighted by Crippen LogP contribution is -2.40. The Morgan fingerprint density at radius 1 is 1.09 bits per heavy atom. The molecule has 0 aromatic heterocycles. The first-order valence-corrected chi connectivity index (χ1v) is 11.9. The second-order valence-corrected chi connectivity index (χ2v) is 10.5. The van der Waals surface area contributed by atoms with Crippen molar-refractivity contribution in [3.8, 4) is 5.75 Å². The predicted molar refractivity (Wildman–Crippen MR) is 125 cm³/mol. The number of ether oxygens (including phenoxy) is 2. The largest absolute Gasteiger partial charge is 0.495 e. The molecule has 32 heavy (non-hydrogen) atoms. The number of benzene rings is 2. The molecule has 0 saturated carbocycles. The lowest BCUT2D eigenvalue weighted by molar-refractivity contribution is -0.111. The third-order valence-corrected chi connectivity index (χ3v) is 7.14. The summed E-state index contributed by atoms with van der Waals surface area (Å²) in [4.78, 5) is 12.6. The van der Waals surface area contributed by atoms with E-state index < -0.39 is 10.0 Å². The van der Waals surface area contributed by atoms with Gasteiger partial charge in [-0.15, -0.1) is 0 Å². The first kappa shape index (κ1) is 24.0. The summed E-state index contributed by atoms with van der Waals surface area (Å²) < 4.78 is 37.8. The number of methoxy groups -OCH3 is 1. The van der Waals surface area contributed by atoms with Gasteiger partial charge in [0.2, 0.25) is 15.9 Å². The molecule has 1 amide bonds. The summed E-state index contributed by atoms with van der Waals surface area (Å²) in [6.07, 6.45) is 3.12. The highest BCUT2D eigenvalue weighted by atomic mass is 32.2. The molecule has 1 N–H and O–H groups in total. The summed E-state index contributed by atoms with van der Waals surface area (Å²) >= 11 is 0. The fourth-order valence-electron chi connectivity index (χ4n) is 3.32. The molecule has 2 aromatic carbocycles. The number of rotatable bonds is 6. The van der Waals surface area contributed by atoms with Crippen LogP contribution in [-0.4, -0.2) is 52.0 Å². The summed E-state index contributed by atoms with van der Waals surface area (Å²) in [7, 11) is -2.22. The van der Waals surface area contributed by atoms with E-state index in [9.17, 15) is 13.2 Å². The van der Waals surface area contributed by atoms with Crippen molar-refractivity contribution in [1.29, 1.82) is 0 Å². The Morgan fingerprint density at radius 2 is 1.75 bits per heavy atom. The molecular formula is C24H30N2O5S. The van der Waals surface area contributed by atoms with Gasteiger partial charge in [-0.3, -0.25) is 4.79 Å². The van der Waals surface area contributed by atoms with Crippen LogP contribution in [0.2, 0.25) is 0 Å². The lowest BCUT2D eigenvalue weighted by Gasteiger charge is -2.26. The van der Waals surface area contributed by atoms with Crippen LogP contribution in [0, 0.1) is 0 Å². The van der Waals surface area contributed by atoms with Gasteiger partial charge in [0.25, 0.3) is 0 Å². The van der Waals surface area contributed by atoms with Gasteiger partial charge in [0.05, 0.1) is 30.9 Å². The highest BCUT2D eigenvalue weighted by Crippen LogP contribution is 2.29. The second-order valence-electron chi connectivity index (χ2n) is 8.57.